The fourth-order valence-corrected chi connectivity index (χ4v) is 1.54. The monoisotopic (exact) mass is 236 g/mol. The van der Waals surface area contributed by atoms with Crippen molar-refractivity contribution in [1.29, 1.82) is 0 Å². The van der Waals surface area contributed by atoms with Crippen LogP contribution >= 0.6 is 0 Å². The quantitative estimate of drug-likeness (QED) is 0.814. The van der Waals surface area contributed by atoms with Crippen molar-refractivity contribution in [2.75, 3.05) is 26.7 Å². The van der Waals surface area contributed by atoms with Gasteiger partial charge in [-0.05, 0) is 38.1 Å². The standard InChI is InChI=1S/C13H20N2O2/c1-3-17-12-7-4-6-11(10-12)13(16)15(2)9-5-8-14/h4,6-7,10H,3,5,8-9,14H2,1-2H3. The fraction of sp³-hybridized carbons (Fsp3) is 0.462. The van der Waals surface area contributed by atoms with Crippen molar-refractivity contribution in [2.24, 2.45) is 5.73 Å². The average Bonchev–Trinajstić information content (AvgIpc) is 2.35. The lowest BCUT2D eigenvalue weighted by Crippen LogP contribution is -2.28. The minimum atomic E-state index is 0.00000283. The SMILES string of the molecule is CCOc1cccc(C(=O)N(C)CCCN)c1. The van der Waals surface area contributed by atoms with Gasteiger partial charge in [-0.15, -0.1) is 0 Å². The van der Waals surface area contributed by atoms with Gasteiger partial charge < -0.3 is 15.4 Å². The predicted molar refractivity (Wildman–Crippen MR) is 68.2 cm³/mol. The number of ether oxygens (including phenoxy) is 1. The van der Waals surface area contributed by atoms with Crippen molar-refractivity contribution in [3.8, 4) is 5.75 Å². The van der Waals surface area contributed by atoms with Crippen LogP contribution in [0.4, 0.5) is 0 Å². The Balaban J connectivity index is 2.70. The van der Waals surface area contributed by atoms with Crippen LogP contribution in [0.15, 0.2) is 24.3 Å². The molecule has 1 amide bonds. The second-order valence-corrected chi connectivity index (χ2v) is 3.83. The molecule has 0 aliphatic carbocycles. The molecule has 0 spiro atoms. The van der Waals surface area contributed by atoms with E-state index in [1.807, 2.05) is 19.1 Å². The summed E-state index contributed by atoms with van der Waals surface area (Å²) in [5.41, 5.74) is 6.07. The Morgan fingerprint density at radius 2 is 2.24 bits per heavy atom. The van der Waals surface area contributed by atoms with Crippen molar-refractivity contribution in [3.63, 3.8) is 0 Å². The number of benzene rings is 1. The Hall–Kier alpha value is -1.55. The van der Waals surface area contributed by atoms with Gasteiger partial charge in [0.25, 0.3) is 5.91 Å². The van der Waals surface area contributed by atoms with Crippen molar-refractivity contribution >= 4 is 5.91 Å². The molecule has 0 fully saturated rings. The third-order valence-electron chi connectivity index (χ3n) is 2.44. The Kier molecular flexibility index (Phi) is 5.49. The fourth-order valence-electron chi connectivity index (χ4n) is 1.54. The van der Waals surface area contributed by atoms with Crippen molar-refractivity contribution < 1.29 is 9.53 Å². The third kappa shape index (κ3) is 4.07. The van der Waals surface area contributed by atoms with Gasteiger partial charge in [-0.1, -0.05) is 6.07 Å². The number of hydrogen-bond donors (Lipinski definition) is 1. The Labute approximate surface area is 102 Å². The van der Waals surface area contributed by atoms with Crippen LogP contribution in [0.5, 0.6) is 5.75 Å². The third-order valence-corrected chi connectivity index (χ3v) is 2.44. The van der Waals surface area contributed by atoms with Crippen molar-refractivity contribution in [1.82, 2.24) is 4.90 Å². The highest BCUT2D eigenvalue weighted by molar-refractivity contribution is 5.94. The first-order chi connectivity index (χ1) is 8.19. The van der Waals surface area contributed by atoms with E-state index in [4.69, 9.17) is 10.5 Å². The van der Waals surface area contributed by atoms with Gasteiger partial charge in [0.1, 0.15) is 5.75 Å². The molecule has 0 aliphatic heterocycles. The van der Waals surface area contributed by atoms with Gasteiger partial charge in [0, 0.05) is 19.2 Å². The molecular formula is C13H20N2O2. The second-order valence-electron chi connectivity index (χ2n) is 3.83. The minimum absolute atomic E-state index is 0.00000283. The summed E-state index contributed by atoms with van der Waals surface area (Å²) in [6, 6.07) is 7.24. The maximum Gasteiger partial charge on any atom is 0.253 e. The van der Waals surface area contributed by atoms with E-state index in [9.17, 15) is 4.79 Å². The van der Waals surface area contributed by atoms with E-state index < -0.39 is 0 Å². The van der Waals surface area contributed by atoms with Crippen LogP contribution in [0.3, 0.4) is 0 Å². The van der Waals surface area contributed by atoms with Crippen molar-refractivity contribution in [2.45, 2.75) is 13.3 Å². The molecule has 1 rings (SSSR count). The number of nitrogens with zero attached hydrogens (tertiary/aromatic N) is 1. The minimum Gasteiger partial charge on any atom is -0.494 e. The molecule has 0 bridgehead atoms. The zero-order valence-electron chi connectivity index (χ0n) is 10.5. The van der Waals surface area contributed by atoms with E-state index in [1.165, 1.54) is 0 Å². The van der Waals surface area contributed by atoms with Crippen LogP contribution in [0, 0.1) is 0 Å². The Morgan fingerprint density at radius 3 is 2.88 bits per heavy atom. The van der Waals surface area contributed by atoms with Gasteiger partial charge in [0.15, 0.2) is 0 Å². The first kappa shape index (κ1) is 13.5. The molecular weight excluding hydrogens is 216 g/mol. The summed E-state index contributed by atoms with van der Waals surface area (Å²) < 4.78 is 5.37. The molecule has 0 saturated carbocycles. The first-order valence-corrected chi connectivity index (χ1v) is 5.87. The molecule has 0 radical (unpaired) electrons. The normalized spacial score (nSPS) is 10.1. The Morgan fingerprint density at radius 1 is 1.47 bits per heavy atom. The molecule has 0 aliphatic rings. The zero-order chi connectivity index (χ0) is 12.7. The van der Waals surface area contributed by atoms with Gasteiger partial charge in [0.2, 0.25) is 0 Å². The smallest absolute Gasteiger partial charge is 0.253 e. The van der Waals surface area contributed by atoms with Crippen LogP contribution in [0.2, 0.25) is 0 Å². The maximum atomic E-state index is 12.0. The predicted octanol–water partition coefficient (Wildman–Crippen LogP) is 1.51. The van der Waals surface area contributed by atoms with Gasteiger partial charge in [0.05, 0.1) is 6.61 Å². The molecule has 0 saturated heterocycles. The largest absolute Gasteiger partial charge is 0.494 e. The van der Waals surface area contributed by atoms with Gasteiger partial charge in [-0.25, -0.2) is 0 Å². The zero-order valence-corrected chi connectivity index (χ0v) is 10.5. The van der Waals surface area contributed by atoms with E-state index in [1.54, 1.807) is 24.1 Å². The summed E-state index contributed by atoms with van der Waals surface area (Å²) in [5.74, 6) is 0.727. The lowest BCUT2D eigenvalue weighted by atomic mass is 10.2. The Bertz CT molecular complexity index is 366. The maximum absolute atomic E-state index is 12.0. The molecule has 1 aromatic carbocycles. The number of carbonyl (C=O) groups excluding carboxylic acids is 1. The topological polar surface area (TPSA) is 55.6 Å². The van der Waals surface area contributed by atoms with E-state index in [0.29, 0.717) is 25.3 Å². The highest BCUT2D eigenvalue weighted by atomic mass is 16.5. The molecule has 0 heterocycles. The summed E-state index contributed by atoms with van der Waals surface area (Å²) >= 11 is 0. The van der Waals surface area contributed by atoms with Crippen LogP contribution in [0.25, 0.3) is 0 Å². The lowest BCUT2D eigenvalue weighted by Gasteiger charge is -2.17. The average molecular weight is 236 g/mol. The van der Waals surface area contributed by atoms with Crippen LogP contribution in [-0.4, -0.2) is 37.6 Å². The van der Waals surface area contributed by atoms with E-state index in [2.05, 4.69) is 0 Å². The molecule has 4 nitrogen and oxygen atoms in total. The van der Waals surface area contributed by atoms with Crippen LogP contribution in [0.1, 0.15) is 23.7 Å². The number of rotatable bonds is 6. The van der Waals surface area contributed by atoms with Gasteiger partial charge in [-0.2, -0.15) is 0 Å². The molecule has 17 heavy (non-hydrogen) atoms. The summed E-state index contributed by atoms with van der Waals surface area (Å²) in [7, 11) is 1.78. The van der Waals surface area contributed by atoms with Crippen LogP contribution in [-0.2, 0) is 0 Å². The highest BCUT2D eigenvalue weighted by Gasteiger charge is 2.11. The van der Waals surface area contributed by atoms with Crippen molar-refractivity contribution in [3.05, 3.63) is 29.8 Å². The molecule has 0 unspecified atom stereocenters. The number of carbonyl (C=O) groups is 1. The highest BCUT2D eigenvalue weighted by Crippen LogP contribution is 2.14. The molecule has 2 N–H and O–H groups in total. The molecule has 0 aromatic heterocycles. The van der Waals surface area contributed by atoms with E-state index in [-0.39, 0.29) is 5.91 Å². The molecule has 94 valence electrons. The van der Waals surface area contributed by atoms with E-state index in [0.717, 1.165) is 12.2 Å². The number of hydrogen-bond acceptors (Lipinski definition) is 3. The van der Waals surface area contributed by atoms with Gasteiger partial charge >= 0.3 is 0 Å². The summed E-state index contributed by atoms with van der Waals surface area (Å²) in [6.07, 6.45) is 0.813. The molecule has 4 heteroatoms. The van der Waals surface area contributed by atoms with Gasteiger partial charge in [-0.3, -0.25) is 4.79 Å². The second kappa shape index (κ2) is 6.91. The lowest BCUT2D eigenvalue weighted by molar-refractivity contribution is 0.0794. The first-order valence-electron chi connectivity index (χ1n) is 5.87. The molecule has 0 atom stereocenters. The van der Waals surface area contributed by atoms with Crippen LogP contribution < -0.4 is 10.5 Å². The number of nitrogens with two attached hydrogens (primary N) is 1. The summed E-state index contributed by atoms with van der Waals surface area (Å²) in [5, 5.41) is 0. The summed E-state index contributed by atoms with van der Waals surface area (Å²) in [6.45, 7) is 3.79. The summed E-state index contributed by atoms with van der Waals surface area (Å²) in [4.78, 5) is 13.7. The molecule has 1 aromatic rings. The number of amides is 1. The van der Waals surface area contributed by atoms with E-state index >= 15 is 0 Å².